The van der Waals surface area contributed by atoms with Gasteiger partial charge in [-0.25, -0.2) is 0 Å². The van der Waals surface area contributed by atoms with E-state index in [1.807, 2.05) is 26.0 Å². The zero-order valence-electron chi connectivity index (χ0n) is 24.2. The monoisotopic (exact) mass is 561 g/mol. The number of rotatable bonds is 11. The van der Waals surface area contributed by atoms with E-state index in [2.05, 4.69) is 50.5 Å². The number of fused-ring (bicyclic) bond motifs is 1. The highest BCUT2D eigenvalue weighted by Gasteiger charge is 2.37. The summed E-state index contributed by atoms with van der Waals surface area (Å²) >= 11 is 0. The Morgan fingerprint density at radius 3 is 2.48 bits per heavy atom. The highest BCUT2D eigenvalue weighted by atomic mass is 19.4. The Bertz CT molecular complexity index is 1200. The second-order valence-electron chi connectivity index (χ2n) is 9.42. The van der Waals surface area contributed by atoms with Crippen molar-refractivity contribution in [2.24, 2.45) is 0 Å². The molecule has 0 bridgehead atoms. The third-order valence-electron chi connectivity index (χ3n) is 6.78. The molecule has 220 valence electrons. The summed E-state index contributed by atoms with van der Waals surface area (Å²) in [6.45, 7) is 11.5. The molecule has 2 heterocycles. The molecule has 2 N–H and O–H groups in total. The number of anilines is 2. The SMILES string of the molecule is CC.CCCN(CC)C1CCc2ccc(Nc3nc(C(F)(F)F)nn3-c3cccc(OCCNC)n3)cc2CC1. The van der Waals surface area contributed by atoms with Crippen molar-refractivity contribution in [3.8, 4) is 11.7 Å². The fraction of sp³-hybridized carbons (Fsp3) is 0.552. The number of nitrogens with zero attached hydrogens (tertiary/aromatic N) is 5. The summed E-state index contributed by atoms with van der Waals surface area (Å²) in [5.74, 6) is -0.845. The van der Waals surface area contributed by atoms with Crippen LogP contribution in [0.1, 0.15) is 63.9 Å². The van der Waals surface area contributed by atoms with Crippen molar-refractivity contribution in [2.45, 2.75) is 72.0 Å². The zero-order valence-corrected chi connectivity index (χ0v) is 24.2. The van der Waals surface area contributed by atoms with Gasteiger partial charge in [-0.2, -0.15) is 27.8 Å². The van der Waals surface area contributed by atoms with Gasteiger partial charge in [0.2, 0.25) is 11.8 Å². The molecule has 0 spiro atoms. The molecule has 1 unspecified atom stereocenters. The maximum atomic E-state index is 13.6. The standard InChI is InChI=1S/C27H36F3N7O.C2H6/c1-4-16-36(5-2)22-13-10-19-9-12-21(18-20(19)11-14-22)32-26-34-25(27(28,29)30)35-37(26)23-7-6-8-24(33-23)38-17-15-31-3;1-2/h6-9,12,18,22,31H,4-5,10-11,13-17H2,1-3H3,(H,32,34,35);1-2H3. The summed E-state index contributed by atoms with van der Waals surface area (Å²) in [6, 6.07) is 11.4. The lowest BCUT2D eigenvalue weighted by Crippen LogP contribution is -2.36. The Balaban J connectivity index is 0.00000216. The molecule has 0 radical (unpaired) electrons. The Kier molecular flexibility index (Phi) is 11.8. The van der Waals surface area contributed by atoms with Crippen molar-refractivity contribution in [3.05, 3.63) is 53.3 Å². The van der Waals surface area contributed by atoms with Crippen LogP contribution in [0.25, 0.3) is 5.82 Å². The van der Waals surface area contributed by atoms with Crippen LogP contribution in [0.5, 0.6) is 5.88 Å². The molecule has 0 saturated carbocycles. The predicted molar refractivity (Wildman–Crippen MR) is 153 cm³/mol. The van der Waals surface area contributed by atoms with Crippen molar-refractivity contribution >= 4 is 11.6 Å². The summed E-state index contributed by atoms with van der Waals surface area (Å²) in [7, 11) is 1.80. The van der Waals surface area contributed by atoms with E-state index in [4.69, 9.17) is 4.74 Å². The smallest absolute Gasteiger partial charge is 0.453 e. The molecule has 8 nitrogen and oxygen atoms in total. The largest absolute Gasteiger partial charge is 0.476 e. The maximum Gasteiger partial charge on any atom is 0.453 e. The van der Waals surface area contributed by atoms with Gasteiger partial charge in [-0.05, 0) is 81.6 Å². The maximum absolute atomic E-state index is 13.6. The van der Waals surface area contributed by atoms with Crippen LogP contribution >= 0.6 is 0 Å². The average molecular weight is 562 g/mol. The van der Waals surface area contributed by atoms with Crippen LogP contribution in [-0.4, -0.2) is 64.0 Å². The molecule has 1 aliphatic carbocycles. The molecule has 0 aliphatic heterocycles. The van der Waals surface area contributed by atoms with Crippen LogP contribution in [0.15, 0.2) is 36.4 Å². The van der Waals surface area contributed by atoms with E-state index in [0.29, 0.717) is 24.9 Å². The molecule has 1 aromatic carbocycles. The molecule has 0 amide bonds. The van der Waals surface area contributed by atoms with Crippen molar-refractivity contribution < 1.29 is 17.9 Å². The molecule has 11 heteroatoms. The Morgan fingerprint density at radius 1 is 1.05 bits per heavy atom. The fourth-order valence-electron chi connectivity index (χ4n) is 4.88. The number of aromatic nitrogens is 4. The number of benzene rings is 1. The van der Waals surface area contributed by atoms with Gasteiger partial charge in [0.1, 0.15) is 6.61 Å². The van der Waals surface area contributed by atoms with Crippen LogP contribution in [0.3, 0.4) is 0 Å². The minimum Gasteiger partial charge on any atom is -0.476 e. The lowest BCUT2D eigenvalue weighted by molar-refractivity contribution is -0.144. The van der Waals surface area contributed by atoms with E-state index in [1.165, 1.54) is 11.1 Å². The summed E-state index contributed by atoms with van der Waals surface area (Å²) in [4.78, 5) is 10.7. The van der Waals surface area contributed by atoms with Crippen LogP contribution in [0.4, 0.5) is 24.8 Å². The number of likely N-dealkylation sites (N-methyl/N-ethyl adjacent to an activating group) is 1. The van der Waals surface area contributed by atoms with E-state index in [0.717, 1.165) is 49.9 Å². The average Bonchev–Trinajstić information content (AvgIpc) is 3.27. The Labute approximate surface area is 235 Å². The fourth-order valence-corrected chi connectivity index (χ4v) is 4.88. The topological polar surface area (TPSA) is 80.1 Å². The molecule has 0 saturated heterocycles. The molecule has 40 heavy (non-hydrogen) atoms. The minimum atomic E-state index is -4.70. The number of alkyl halides is 3. The number of ether oxygens (including phenoxy) is 1. The number of aryl methyl sites for hydroxylation is 2. The van der Waals surface area contributed by atoms with E-state index < -0.39 is 12.0 Å². The number of hydrogen-bond donors (Lipinski definition) is 2. The Hall–Kier alpha value is -3.18. The van der Waals surface area contributed by atoms with Gasteiger partial charge in [0.25, 0.3) is 5.82 Å². The molecular formula is C29H42F3N7O. The van der Waals surface area contributed by atoms with Crippen LogP contribution in [-0.2, 0) is 19.0 Å². The summed E-state index contributed by atoms with van der Waals surface area (Å²) in [5.41, 5.74) is 3.16. The number of hydrogen-bond acceptors (Lipinski definition) is 7. The number of halogens is 3. The van der Waals surface area contributed by atoms with Gasteiger partial charge in [-0.3, -0.25) is 0 Å². The van der Waals surface area contributed by atoms with Gasteiger partial charge >= 0.3 is 6.18 Å². The number of pyridine rings is 1. The lowest BCUT2D eigenvalue weighted by Gasteiger charge is -2.29. The summed E-state index contributed by atoms with van der Waals surface area (Å²) in [5, 5.41) is 9.75. The normalized spacial score (nSPS) is 15.2. The summed E-state index contributed by atoms with van der Waals surface area (Å²) in [6.07, 6.45) is 0.502. The van der Waals surface area contributed by atoms with E-state index in [-0.39, 0.29) is 17.6 Å². The van der Waals surface area contributed by atoms with Crippen molar-refractivity contribution in [2.75, 3.05) is 38.6 Å². The van der Waals surface area contributed by atoms with E-state index in [1.54, 1.807) is 25.2 Å². The van der Waals surface area contributed by atoms with Gasteiger partial charge in [0.05, 0.1) is 0 Å². The highest BCUT2D eigenvalue weighted by Crippen LogP contribution is 2.31. The zero-order chi connectivity index (χ0) is 29.1. The lowest BCUT2D eigenvalue weighted by atomic mass is 10.0. The van der Waals surface area contributed by atoms with Crippen molar-refractivity contribution in [3.63, 3.8) is 0 Å². The van der Waals surface area contributed by atoms with Crippen LogP contribution < -0.4 is 15.4 Å². The third kappa shape index (κ3) is 8.17. The second-order valence-corrected chi connectivity index (χ2v) is 9.42. The van der Waals surface area contributed by atoms with Gasteiger partial charge in [0.15, 0.2) is 5.82 Å². The first-order valence-corrected chi connectivity index (χ1v) is 14.2. The van der Waals surface area contributed by atoms with Gasteiger partial charge < -0.3 is 20.3 Å². The quantitative estimate of drug-likeness (QED) is 0.219. The molecule has 2 aromatic heterocycles. The molecule has 0 fully saturated rings. The molecule has 4 rings (SSSR count). The second kappa shape index (κ2) is 15.0. The van der Waals surface area contributed by atoms with Gasteiger partial charge in [-0.1, -0.05) is 39.8 Å². The molecular weight excluding hydrogens is 519 g/mol. The first-order valence-electron chi connectivity index (χ1n) is 14.2. The molecule has 1 atom stereocenters. The summed E-state index contributed by atoms with van der Waals surface area (Å²) < 4.78 is 47.3. The first kappa shape index (κ1) is 31.3. The molecule has 3 aromatic rings. The van der Waals surface area contributed by atoms with E-state index >= 15 is 0 Å². The van der Waals surface area contributed by atoms with Crippen LogP contribution in [0.2, 0.25) is 0 Å². The highest BCUT2D eigenvalue weighted by molar-refractivity contribution is 5.58. The first-order chi connectivity index (χ1) is 19.3. The predicted octanol–water partition coefficient (Wildman–Crippen LogP) is 6.03. The van der Waals surface area contributed by atoms with E-state index in [9.17, 15) is 13.2 Å². The van der Waals surface area contributed by atoms with Gasteiger partial charge in [0, 0.05) is 24.3 Å². The third-order valence-corrected chi connectivity index (χ3v) is 6.78. The van der Waals surface area contributed by atoms with Crippen molar-refractivity contribution in [1.82, 2.24) is 30.0 Å². The minimum absolute atomic E-state index is 0.0660. The Morgan fingerprint density at radius 2 is 1.80 bits per heavy atom. The van der Waals surface area contributed by atoms with Gasteiger partial charge in [-0.15, -0.1) is 5.10 Å². The van der Waals surface area contributed by atoms with Crippen LogP contribution in [0, 0.1) is 0 Å². The molecule has 1 aliphatic rings. The number of nitrogens with one attached hydrogen (secondary N) is 2. The van der Waals surface area contributed by atoms with Crippen molar-refractivity contribution in [1.29, 1.82) is 0 Å².